The Bertz CT molecular complexity index is 532. The SMILES string of the molecule is N#Cc1ccc(C2(F)COC2)c(C(=O)O)c1F. The van der Waals surface area contributed by atoms with Gasteiger partial charge in [-0.05, 0) is 6.07 Å². The Hall–Kier alpha value is -2.00. The Morgan fingerprint density at radius 3 is 2.59 bits per heavy atom. The van der Waals surface area contributed by atoms with E-state index in [1.54, 1.807) is 0 Å². The van der Waals surface area contributed by atoms with Crippen molar-refractivity contribution in [2.24, 2.45) is 0 Å². The topological polar surface area (TPSA) is 70.3 Å². The number of halogens is 2. The fraction of sp³-hybridized carbons (Fsp3) is 0.273. The van der Waals surface area contributed by atoms with E-state index in [0.717, 1.165) is 12.1 Å². The molecule has 4 nitrogen and oxygen atoms in total. The van der Waals surface area contributed by atoms with E-state index >= 15 is 0 Å². The lowest BCUT2D eigenvalue weighted by Crippen LogP contribution is -2.43. The molecule has 0 bridgehead atoms. The highest BCUT2D eigenvalue weighted by Gasteiger charge is 2.44. The molecular weight excluding hydrogens is 232 g/mol. The fourth-order valence-corrected chi connectivity index (χ4v) is 1.68. The number of carboxylic acids is 1. The van der Waals surface area contributed by atoms with Crippen LogP contribution in [0.15, 0.2) is 12.1 Å². The second-order valence-corrected chi connectivity index (χ2v) is 3.72. The molecule has 0 radical (unpaired) electrons. The number of hydrogen-bond acceptors (Lipinski definition) is 3. The van der Waals surface area contributed by atoms with Crippen molar-refractivity contribution >= 4 is 5.97 Å². The van der Waals surface area contributed by atoms with Gasteiger partial charge in [0.05, 0.1) is 18.8 Å². The third-order valence-corrected chi connectivity index (χ3v) is 2.62. The average Bonchev–Trinajstić information content (AvgIpc) is 2.24. The minimum Gasteiger partial charge on any atom is -0.478 e. The minimum atomic E-state index is -1.98. The number of benzene rings is 1. The molecule has 6 heteroatoms. The predicted molar refractivity (Wildman–Crippen MR) is 51.7 cm³/mol. The molecule has 17 heavy (non-hydrogen) atoms. The van der Waals surface area contributed by atoms with Crippen molar-refractivity contribution in [2.45, 2.75) is 5.67 Å². The van der Waals surface area contributed by atoms with Crippen LogP contribution in [0.4, 0.5) is 8.78 Å². The van der Waals surface area contributed by atoms with Crippen LogP contribution in [0.25, 0.3) is 0 Å². The first kappa shape index (κ1) is 11.5. The monoisotopic (exact) mass is 239 g/mol. The van der Waals surface area contributed by atoms with Gasteiger partial charge in [0.15, 0.2) is 11.5 Å². The normalized spacial score (nSPS) is 17.0. The molecule has 1 aromatic rings. The van der Waals surface area contributed by atoms with Crippen LogP contribution in [0.5, 0.6) is 0 Å². The van der Waals surface area contributed by atoms with Crippen molar-refractivity contribution in [1.82, 2.24) is 0 Å². The summed E-state index contributed by atoms with van der Waals surface area (Å²) < 4.78 is 32.4. The Morgan fingerprint density at radius 1 is 1.53 bits per heavy atom. The van der Waals surface area contributed by atoms with Gasteiger partial charge in [-0.25, -0.2) is 13.6 Å². The highest BCUT2D eigenvalue weighted by molar-refractivity contribution is 5.90. The first-order valence-corrected chi connectivity index (χ1v) is 4.72. The van der Waals surface area contributed by atoms with Crippen LogP contribution >= 0.6 is 0 Å². The lowest BCUT2D eigenvalue weighted by atomic mass is 9.88. The van der Waals surface area contributed by atoms with E-state index in [0.29, 0.717) is 0 Å². The summed E-state index contributed by atoms with van der Waals surface area (Å²) in [6.45, 7) is -0.614. The summed E-state index contributed by atoms with van der Waals surface area (Å²) in [5.74, 6) is -2.81. The van der Waals surface area contributed by atoms with Gasteiger partial charge in [-0.15, -0.1) is 0 Å². The molecule has 0 unspecified atom stereocenters. The van der Waals surface area contributed by atoms with Crippen molar-refractivity contribution < 1.29 is 23.4 Å². The number of hydrogen-bond donors (Lipinski definition) is 1. The number of carbonyl (C=O) groups is 1. The van der Waals surface area contributed by atoms with Gasteiger partial charge in [0.25, 0.3) is 0 Å². The fourth-order valence-electron chi connectivity index (χ4n) is 1.68. The molecule has 1 aliphatic heterocycles. The molecule has 0 aliphatic carbocycles. The number of alkyl halides is 1. The summed E-state index contributed by atoms with van der Waals surface area (Å²) in [5, 5.41) is 17.5. The molecule has 1 heterocycles. The second kappa shape index (κ2) is 3.79. The van der Waals surface area contributed by atoms with Crippen molar-refractivity contribution in [2.75, 3.05) is 13.2 Å². The molecule has 88 valence electrons. The molecule has 1 fully saturated rings. The van der Waals surface area contributed by atoms with Crippen molar-refractivity contribution in [1.29, 1.82) is 5.26 Å². The molecule has 0 aromatic heterocycles. The van der Waals surface area contributed by atoms with E-state index in [-0.39, 0.29) is 18.8 Å². The van der Waals surface area contributed by atoms with Gasteiger partial charge in [0.1, 0.15) is 11.6 Å². The van der Waals surface area contributed by atoms with Gasteiger partial charge in [0.2, 0.25) is 0 Å². The molecule has 2 rings (SSSR count). The molecule has 0 atom stereocenters. The molecular formula is C11H7F2NO3. The third-order valence-electron chi connectivity index (χ3n) is 2.62. The maximum atomic E-state index is 14.0. The van der Waals surface area contributed by atoms with E-state index < -0.39 is 28.6 Å². The Kier molecular flexibility index (Phi) is 2.56. The second-order valence-electron chi connectivity index (χ2n) is 3.72. The van der Waals surface area contributed by atoms with E-state index in [1.165, 1.54) is 6.07 Å². The predicted octanol–water partition coefficient (Wildman–Crippen LogP) is 1.59. The molecule has 1 saturated heterocycles. The van der Waals surface area contributed by atoms with Gasteiger partial charge < -0.3 is 9.84 Å². The lowest BCUT2D eigenvalue weighted by molar-refractivity contribution is -0.135. The van der Waals surface area contributed by atoms with Crippen LogP contribution in [-0.2, 0) is 10.4 Å². The van der Waals surface area contributed by atoms with Crippen LogP contribution in [0.3, 0.4) is 0 Å². The summed E-state index contributed by atoms with van der Waals surface area (Å²) in [6, 6.07) is 3.70. The largest absolute Gasteiger partial charge is 0.478 e. The third kappa shape index (κ3) is 1.65. The molecule has 0 saturated carbocycles. The summed E-state index contributed by atoms with van der Waals surface area (Å²) in [5.41, 5.74) is -3.49. The molecule has 0 amide bonds. The molecule has 1 aromatic carbocycles. The van der Waals surface area contributed by atoms with Gasteiger partial charge in [-0.2, -0.15) is 5.26 Å². The zero-order valence-corrected chi connectivity index (χ0v) is 8.54. The van der Waals surface area contributed by atoms with E-state index in [2.05, 4.69) is 4.74 Å². The number of aromatic carboxylic acids is 1. The van der Waals surface area contributed by atoms with Crippen molar-refractivity contribution in [3.63, 3.8) is 0 Å². The highest BCUT2D eigenvalue weighted by Crippen LogP contribution is 2.37. The maximum absolute atomic E-state index is 14.0. The summed E-state index contributed by atoms with van der Waals surface area (Å²) in [4.78, 5) is 10.9. The summed E-state index contributed by atoms with van der Waals surface area (Å²) in [7, 11) is 0. The Labute approximate surface area is 95.0 Å². The van der Waals surface area contributed by atoms with Crippen LogP contribution < -0.4 is 0 Å². The Morgan fingerprint density at radius 2 is 2.18 bits per heavy atom. The van der Waals surface area contributed by atoms with E-state index in [4.69, 9.17) is 10.4 Å². The Balaban J connectivity index is 2.65. The molecule has 0 spiro atoms. The first-order valence-electron chi connectivity index (χ1n) is 4.72. The van der Waals surface area contributed by atoms with Gasteiger partial charge in [0, 0.05) is 5.56 Å². The van der Waals surface area contributed by atoms with Gasteiger partial charge >= 0.3 is 5.97 Å². The lowest BCUT2D eigenvalue weighted by Gasteiger charge is -2.35. The van der Waals surface area contributed by atoms with Crippen LogP contribution in [0.1, 0.15) is 21.5 Å². The zero-order valence-electron chi connectivity index (χ0n) is 8.54. The number of rotatable bonds is 2. The maximum Gasteiger partial charge on any atom is 0.339 e. The smallest absolute Gasteiger partial charge is 0.339 e. The quantitative estimate of drug-likeness (QED) is 0.850. The molecule has 1 aliphatic rings. The number of nitrogens with zero attached hydrogens (tertiary/aromatic N) is 1. The number of nitriles is 1. The number of carboxylic acid groups (broad SMARTS) is 1. The van der Waals surface area contributed by atoms with Gasteiger partial charge in [-0.3, -0.25) is 0 Å². The minimum absolute atomic E-state index is 0.284. The highest BCUT2D eigenvalue weighted by atomic mass is 19.1. The average molecular weight is 239 g/mol. The van der Waals surface area contributed by atoms with Crippen LogP contribution in [-0.4, -0.2) is 24.3 Å². The molecule has 1 N–H and O–H groups in total. The van der Waals surface area contributed by atoms with Crippen LogP contribution in [0.2, 0.25) is 0 Å². The van der Waals surface area contributed by atoms with Gasteiger partial charge in [-0.1, -0.05) is 6.07 Å². The van der Waals surface area contributed by atoms with Crippen molar-refractivity contribution in [3.8, 4) is 6.07 Å². The van der Waals surface area contributed by atoms with E-state index in [9.17, 15) is 13.6 Å². The standard InChI is InChI=1S/C11H7F2NO3/c12-9-6(3-14)1-2-7(8(9)10(15)16)11(13)4-17-5-11/h1-2H,4-5H2,(H,15,16). The summed E-state index contributed by atoms with van der Waals surface area (Å²) >= 11 is 0. The van der Waals surface area contributed by atoms with E-state index in [1.807, 2.05) is 0 Å². The number of ether oxygens (including phenoxy) is 1. The zero-order chi connectivity index (χ0) is 12.6. The summed E-state index contributed by atoms with van der Waals surface area (Å²) in [6.07, 6.45) is 0. The van der Waals surface area contributed by atoms with Crippen molar-refractivity contribution in [3.05, 3.63) is 34.6 Å². The van der Waals surface area contributed by atoms with Crippen LogP contribution in [0, 0.1) is 17.1 Å². The first-order chi connectivity index (χ1) is 7.99.